The van der Waals surface area contributed by atoms with Crippen molar-refractivity contribution in [2.24, 2.45) is 5.92 Å². The van der Waals surface area contributed by atoms with Gasteiger partial charge in [0.2, 0.25) is 11.8 Å². The number of nitrogens with one attached hydrogen (secondary N) is 2. The fourth-order valence-corrected chi connectivity index (χ4v) is 7.22. The number of rotatable bonds is 10. The average molecular weight is 656 g/mol. The molecule has 2 aromatic carbocycles. The standard InChI is InChI=1S/C38H43F2N5O3/c1-23(32-18-26(9-8-25(32)7-6-24-4-5-24)28-3-2-16-44(21-28)31-12-13-31)42-38(48)35-19-30(40)22-45(35)36(46)20-41-37(47)34-14-10-27-17-29(39)11-15-33(27)43-34/h6-11,14-15,17-18,23-24,28,30-31,35H,2-5,12-13,16,19-22H2,1H3,(H,41,47)(H,42,48)/b7-6+/t23-,28+,30+,35-/m0/s1. The number of nitrogens with zero attached hydrogens (tertiary/aromatic N) is 3. The Morgan fingerprint density at radius 1 is 1.02 bits per heavy atom. The third kappa shape index (κ3) is 7.43. The average Bonchev–Trinajstić information content (AvgIpc) is 4.04. The van der Waals surface area contributed by atoms with Crippen LogP contribution in [0.15, 0.2) is 54.6 Å². The van der Waals surface area contributed by atoms with Gasteiger partial charge in [-0.3, -0.25) is 19.3 Å². The molecule has 10 heteroatoms. The Balaban J connectivity index is 1.02. The zero-order valence-corrected chi connectivity index (χ0v) is 27.3. The summed E-state index contributed by atoms with van der Waals surface area (Å²) in [5, 5.41) is 6.19. The molecule has 4 fully saturated rings. The van der Waals surface area contributed by atoms with E-state index in [2.05, 4.69) is 50.9 Å². The maximum atomic E-state index is 14.7. The van der Waals surface area contributed by atoms with Gasteiger partial charge in [0.25, 0.3) is 5.91 Å². The lowest BCUT2D eigenvalue weighted by atomic mass is 9.87. The number of benzene rings is 2. The number of hydrogen-bond donors (Lipinski definition) is 2. The fourth-order valence-electron chi connectivity index (χ4n) is 7.22. The molecule has 2 saturated heterocycles. The van der Waals surface area contributed by atoms with E-state index in [1.807, 2.05) is 6.92 Å². The third-order valence-corrected chi connectivity index (χ3v) is 10.3. The molecular weight excluding hydrogens is 612 g/mol. The lowest BCUT2D eigenvalue weighted by molar-refractivity contribution is -0.138. The first-order chi connectivity index (χ1) is 23.2. The van der Waals surface area contributed by atoms with Gasteiger partial charge < -0.3 is 15.5 Å². The van der Waals surface area contributed by atoms with Crippen LogP contribution in [-0.4, -0.2) is 76.9 Å². The van der Waals surface area contributed by atoms with Crippen LogP contribution in [-0.2, 0) is 9.59 Å². The molecular formula is C38H43F2N5O3. The molecule has 0 bridgehead atoms. The van der Waals surface area contributed by atoms with Crippen LogP contribution < -0.4 is 10.6 Å². The van der Waals surface area contributed by atoms with Crippen molar-refractivity contribution in [3.63, 3.8) is 0 Å². The van der Waals surface area contributed by atoms with E-state index < -0.39 is 42.3 Å². The molecule has 8 nitrogen and oxygen atoms in total. The molecule has 48 heavy (non-hydrogen) atoms. The van der Waals surface area contributed by atoms with Crippen molar-refractivity contribution >= 4 is 34.7 Å². The number of amides is 3. The number of piperidine rings is 1. The maximum Gasteiger partial charge on any atom is 0.270 e. The normalized spacial score (nSPS) is 23.8. The van der Waals surface area contributed by atoms with E-state index in [4.69, 9.17) is 0 Å². The number of alkyl halides is 1. The molecule has 1 aromatic heterocycles. The van der Waals surface area contributed by atoms with E-state index in [1.165, 1.54) is 73.4 Å². The van der Waals surface area contributed by atoms with Gasteiger partial charge in [-0.2, -0.15) is 0 Å². The zero-order chi connectivity index (χ0) is 33.4. The highest BCUT2D eigenvalue weighted by Crippen LogP contribution is 2.37. The molecule has 4 atom stereocenters. The van der Waals surface area contributed by atoms with Crippen LogP contribution in [0.3, 0.4) is 0 Å². The lowest BCUT2D eigenvalue weighted by Crippen LogP contribution is -2.49. The number of carbonyl (C=O) groups is 3. The van der Waals surface area contributed by atoms with Crippen molar-refractivity contribution in [2.75, 3.05) is 26.2 Å². The van der Waals surface area contributed by atoms with Gasteiger partial charge in [0.15, 0.2) is 0 Å². The Kier molecular flexibility index (Phi) is 9.27. The molecule has 2 saturated carbocycles. The van der Waals surface area contributed by atoms with Crippen molar-refractivity contribution < 1.29 is 23.2 Å². The molecule has 4 aliphatic rings. The van der Waals surface area contributed by atoms with Crippen molar-refractivity contribution in [3.8, 4) is 0 Å². The van der Waals surface area contributed by atoms with Crippen LogP contribution in [0, 0.1) is 11.7 Å². The highest BCUT2D eigenvalue weighted by Gasteiger charge is 2.40. The summed E-state index contributed by atoms with van der Waals surface area (Å²) in [6, 6.07) is 13.1. The molecule has 252 valence electrons. The SMILES string of the molecule is C[C@H](NC(=O)[C@@H]1C[C@@H](F)CN1C(=O)CNC(=O)c1ccc2cc(F)ccc2n1)c1cc([C@@H]2CCCN(C3CC3)C2)ccc1/C=C/C1CC1. The third-order valence-electron chi connectivity index (χ3n) is 10.3. The number of aromatic nitrogens is 1. The van der Waals surface area contributed by atoms with E-state index in [9.17, 15) is 23.2 Å². The number of halogens is 2. The quantitative estimate of drug-likeness (QED) is 0.293. The summed E-state index contributed by atoms with van der Waals surface area (Å²) in [6.45, 7) is 3.55. The fraction of sp³-hybridized carbons (Fsp3) is 0.474. The van der Waals surface area contributed by atoms with Gasteiger partial charge >= 0.3 is 0 Å². The van der Waals surface area contributed by atoms with Crippen LogP contribution in [0.2, 0.25) is 0 Å². The van der Waals surface area contributed by atoms with E-state index in [0.717, 1.165) is 30.1 Å². The summed E-state index contributed by atoms with van der Waals surface area (Å²) < 4.78 is 28.2. The van der Waals surface area contributed by atoms with Crippen molar-refractivity contribution in [3.05, 3.63) is 82.8 Å². The van der Waals surface area contributed by atoms with Crippen molar-refractivity contribution in [1.29, 1.82) is 0 Å². The second-order valence-electron chi connectivity index (χ2n) is 14.0. The highest BCUT2D eigenvalue weighted by molar-refractivity contribution is 5.97. The Hall–Kier alpha value is -4.18. The molecule has 0 unspecified atom stereocenters. The minimum absolute atomic E-state index is 0.0667. The molecule has 7 rings (SSSR count). The predicted octanol–water partition coefficient (Wildman–Crippen LogP) is 5.69. The Bertz CT molecular complexity index is 1740. The van der Waals surface area contributed by atoms with E-state index in [1.54, 1.807) is 6.07 Å². The van der Waals surface area contributed by atoms with Crippen LogP contribution in [0.4, 0.5) is 8.78 Å². The van der Waals surface area contributed by atoms with Gasteiger partial charge in [0.1, 0.15) is 23.7 Å². The number of carbonyl (C=O) groups excluding carboxylic acids is 3. The number of hydrogen-bond acceptors (Lipinski definition) is 5. The summed E-state index contributed by atoms with van der Waals surface area (Å²) >= 11 is 0. The molecule has 2 N–H and O–H groups in total. The number of fused-ring (bicyclic) bond motifs is 1. The molecule has 0 radical (unpaired) electrons. The predicted molar refractivity (Wildman–Crippen MR) is 180 cm³/mol. The maximum absolute atomic E-state index is 14.7. The summed E-state index contributed by atoms with van der Waals surface area (Å²) in [7, 11) is 0. The first kappa shape index (κ1) is 32.4. The summed E-state index contributed by atoms with van der Waals surface area (Å²) in [6.07, 6.45) is 10.3. The number of likely N-dealkylation sites (tertiary alicyclic amines) is 2. The Morgan fingerprint density at radius 3 is 2.65 bits per heavy atom. The van der Waals surface area contributed by atoms with Gasteiger partial charge in [-0.1, -0.05) is 36.4 Å². The van der Waals surface area contributed by atoms with Gasteiger partial charge in [-0.25, -0.2) is 13.8 Å². The Labute approximate surface area is 280 Å². The largest absolute Gasteiger partial charge is 0.348 e. The van der Waals surface area contributed by atoms with Crippen molar-refractivity contribution in [1.82, 2.24) is 25.4 Å². The lowest BCUT2D eigenvalue weighted by Gasteiger charge is -2.33. The van der Waals surface area contributed by atoms with Crippen LogP contribution in [0.25, 0.3) is 17.0 Å². The molecule has 2 aliphatic carbocycles. The highest BCUT2D eigenvalue weighted by atomic mass is 19.1. The minimum Gasteiger partial charge on any atom is -0.348 e. The zero-order valence-electron chi connectivity index (χ0n) is 27.3. The summed E-state index contributed by atoms with van der Waals surface area (Å²) in [4.78, 5) is 47.8. The van der Waals surface area contributed by atoms with E-state index in [0.29, 0.717) is 22.7 Å². The summed E-state index contributed by atoms with van der Waals surface area (Å²) in [5.41, 5.74) is 3.87. The van der Waals surface area contributed by atoms with E-state index >= 15 is 0 Å². The molecule has 3 aromatic rings. The first-order valence-electron chi connectivity index (χ1n) is 17.4. The molecule has 3 heterocycles. The van der Waals surface area contributed by atoms with Gasteiger partial charge in [-0.15, -0.1) is 0 Å². The van der Waals surface area contributed by atoms with Crippen molar-refractivity contribution in [2.45, 2.75) is 82.1 Å². The second kappa shape index (κ2) is 13.7. The van der Waals surface area contributed by atoms with Gasteiger partial charge in [-0.05, 0) is 105 Å². The topological polar surface area (TPSA) is 94.6 Å². The van der Waals surface area contributed by atoms with E-state index in [-0.39, 0.29) is 24.7 Å². The Morgan fingerprint density at radius 2 is 1.85 bits per heavy atom. The number of allylic oxidation sites excluding steroid dienone is 1. The van der Waals surface area contributed by atoms with Gasteiger partial charge in [0.05, 0.1) is 24.6 Å². The van der Waals surface area contributed by atoms with Crippen LogP contribution in [0.5, 0.6) is 0 Å². The summed E-state index contributed by atoms with van der Waals surface area (Å²) in [5.74, 6) is -0.909. The van der Waals surface area contributed by atoms with Crippen LogP contribution >= 0.6 is 0 Å². The first-order valence-corrected chi connectivity index (χ1v) is 17.4. The molecule has 0 spiro atoms. The second-order valence-corrected chi connectivity index (χ2v) is 14.0. The molecule has 3 amide bonds. The minimum atomic E-state index is -1.35. The van der Waals surface area contributed by atoms with Crippen LogP contribution in [0.1, 0.15) is 91.0 Å². The number of pyridine rings is 1. The molecule has 2 aliphatic heterocycles. The monoisotopic (exact) mass is 655 g/mol. The van der Waals surface area contributed by atoms with Gasteiger partial charge in [0, 0.05) is 24.4 Å². The smallest absolute Gasteiger partial charge is 0.270 e.